The van der Waals surface area contributed by atoms with Gasteiger partial charge in [0, 0.05) is 19.5 Å². The van der Waals surface area contributed by atoms with Crippen LogP contribution < -0.4 is 10.6 Å². The topological polar surface area (TPSA) is 140 Å². The van der Waals surface area contributed by atoms with Gasteiger partial charge in [-0.3, -0.25) is 4.79 Å². The zero-order chi connectivity index (χ0) is 24.5. The predicted molar refractivity (Wildman–Crippen MR) is 121 cm³/mol. The number of esters is 1. The number of nitrogens with one attached hydrogen (secondary N) is 2. The average Bonchev–Trinajstić information content (AvgIpc) is 3.13. The Kier molecular flexibility index (Phi) is 14.4. The van der Waals surface area contributed by atoms with Crippen molar-refractivity contribution in [2.24, 2.45) is 0 Å². The van der Waals surface area contributed by atoms with E-state index in [-0.39, 0.29) is 25.0 Å². The molecule has 0 aromatic carbocycles. The van der Waals surface area contributed by atoms with Crippen molar-refractivity contribution >= 4 is 23.9 Å². The lowest BCUT2D eigenvalue weighted by Gasteiger charge is -2.18. The van der Waals surface area contributed by atoms with Gasteiger partial charge < -0.3 is 30.0 Å². The van der Waals surface area contributed by atoms with Gasteiger partial charge in [-0.05, 0) is 19.3 Å². The summed E-state index contributed by atoms with van der Waals surface area (Å²) in [6, 6.07) is 0. The summed E-state index contributed by atoms with van der Waals surface area (Å²) in [5.74, 6) is -1.91. The summed E-state index contributed by atoms with van der Waals surface area (Å²) in [6.07, 6.45) is 5.78. The molecule has 0 saturated carbocycles. The van der Waals surface area contributed by atoms with Crippen molar-refractivity contribution in [1.29, 1.82) is 0 Å². The monoisotopic (exact) mass is 470 g/mol. The Hall–Kier alpha value is -2.78. The summed E-state index contributed by atoms with van der Waals surface area (Å²) < 4.78 is 15.1. The smallest absolute Gasteiger partial charge is 0.407 e. The second kappa shape index (κ2) is 16.8. The third-order valence-electron chi connectivity index (χ3n) is 5.08. The van der Waals surface area contributed by atoms with Crippen molar-refractivity contribution < 1.29 is 38.5 Å². The fourth-order valence-electron chi connectivity index (χ4n) is 3.16. The summed E-state index contributed by atoms with van der Waals surface area (Å²) in [5.41, 5.74) is -0.389. The lowest BCUT2D eigenvalue weighted by Crippen LogP contribution is -2.34. The molecule has 188 valence electrons. The van der Waals surface area contributed by atoms with Crippen LogP contribution in [0.25, 0.3) is 0 Å². The molecule has 1 atom stereocenters. The third-order valence-corrected chi connectivity index (χ3v) is 5.08. The first-order valence-corrected chi connectivity index (χ1v) is 11.9. The fourth-order valence-corrected chi connectivity index (χ4v) is 3.16. The van der Waals surface area contributed by atoms with Crippen molar-refractivity contribution in [3.8, 4) is 0 Å². The van der Waals surface area contributed by atoms with Gasteiger partial charge in [0.2, 0.25) is 5.78 Å². The highest BCUT2D eigenvalue weighted by atomic mass is 16.6. The van der Waals surface area contributed by atoms with E-state index >= 15 is 0 Å². The molecule has 0 spiro atoms. The van der Waals surface area contributed by atoms with Crippen molar-refractivity contribution in [2.75, 3.05) is 26.3 Å². The second-order valence-electron chi connectivity index (χ2n) is 7.96. The third kappa shape index (κ3) is 12.1. The molecule has 1 aliphatic rings. The maximum Gasteiger partial charge on any atom is 0.407 e. The van der Waals surface area contributed by atoms with Gasteiger partial charge in [0.25, 0.3) is 0 Å². The minimum Gasteiger partial charge on any atom is -0.511 e. The molecule has 10 nitrogen and oxygen atoms in total. The van der Waals surface area contributed by atoms with E-state index in [0.29, 0.717) is 13.1 Å². The summed E-state index contributed by atoms with van der Waals surface area (Å²) in [6.45, 7) is 4.50. The minimum absolute atomic E-state index is 0.0446. The number of hydrogen-bond donors (Lipinski definition) is 3. The van der Waals surface area contributed by atoms with Crippen LogP contribution in [0.3, 0.4) is 0 Å². The van der Waals surface area contributed by atoms with Crippen LogP contribution in [0.2, 0.25) is 0 Å². The molecule has 0 radical (unpaired) electrons. The summed E-state index contributed by atoms with van der Waals surface area (Å²) >= 11 is 0. The van der Waals surface area contributed by atoms with E-state index in [0.717, 1.165) is 51.4 Å². The number of ether oxygens (including phenoxy) is 3. The van der Waals surface area contributed by atoms with Crippen LogP contribution in [0.5, 0.6) is 0 Å². The van der Waals surface area contributed by atoms with Crippen LogP contribution >= 0.6 is 0 Å². The molecule has 1 aliphatic heterocycles. The Morgan fingerprint density at radius 3 is 2.12 bits per heavy atom. The molecule has 1 saturated heterocycles. The van der Waals surface area contributed by atoms with Crippen molar-refractivity contribution in [3.05, 3.63) is 11.3 Å². The lowest BCUT2D eigenvalue weighted by molar-refractivity contribution is -0.135. The highest BCUT2D eigenvalue weighted by Crippen LogP contribution is 2.18. The highest BCUT2D eigenvalue weighted by Gasteiger charge is 2.32. The van der Waals surface area contributed by atoms with Gasteiger partial charge in [0.1, 0.15) is 24.0 Å². The van der Waals surface area contributed by atoms with Gasteiger partial charge in [0.15, 0.2) is 6.61 Å². The number of hydrogen-bond acceptors (Lipinski definition) is 8. The molecule has 1 rings (SSSR count). The number of Topliss-reactive ketones (excluding diaryl/α,β-unsaturated/α-hetero) is 1. The van der Waals surface area contributed by atoms with E-state index in [9.17, 15) is 24.3 Å². The largest absolute Gasteiger partial charge is 0.511 e. The Morgan fingerprint density at radius 2 is 1.58 bits per heavy atom. The number of rotatable bonds is 16. The van der Waals surface area contributed by atoms with Gasteiger partial charge in [0.05, 0.1) is 0 Å². The average molecular weight is 471 g/mol. The predicted octanol–water partition coefficient (Wildman–Crippen LogP) is 3.69. The van der Waals surface area contributed by atoms with Crippen molar-refractivity contribution in [1.82, 2.24) is 10.6 Å². The SMILES string of the molecule is CCCCCCNC(=O)OCC(CCC(O)=C1C(=O)COC1=O)OC(=O)NCCCCCC. The Balaban J connectivity index is 2.55. The van der Waals surface area contributed by atoms with E-state index in [1.54, 1.807) is 0 Å². The number of carbonyl (C=O) groups is 4. The molecular formula is C23H38N2O8. The molecule has 0 aromatic rings. The second-order valence-corrected chi connectivity index (χ2v) is 7.96. The van der Waals surface area contributed by atoms with E-state index in [1.807, 2.05) is 0 Å². The number of aliphatic hydroxyl groups excluding tert-OH is 1. The number of alkyl carbamates (subject to hydrolysis) is 2. The van der Waals surface area contributed by atoms with Crippen LogP contribution in [0.4, 0.5) is 9.59 Å². The molecule has 0 aliphatic carbocycles. The van der Waals surface area contributed by atoms with Crippen molar-refractivity contribution in [3.63, 3.8) is 0 Å². The van der Waals surface area contributed by atoms with E-state index in [4.69, 9.17) is 9.47 Å². The first-order valence-electron chi connectivity index (χ1n) is 11.9. The number of aliphatic hydroxyl groups is 1. The normalized spacial score (nSPS) is 15.6. The highest BCUT2D eigenvalue weighted by molar-refractivity contribution is 6.22. The van der Waals surface area contributed by atoms with Crippen LogP contribution in [0.15, 0.2) is 11.3 Å². The van der Waals surface area contributed by atoms with E-state index in [1.165, 1.54) is 0 Å². The number of unbranched alkanes of at least 4 members (excludes halogenated alkanes) is 6. The first kappa shape index (κ1) is 28.3. The van der Waals surface area contributed by atoms with Crippen LogP contribution in [0, 0.1) is 0 Å². The molecule has 0 aromatic heterocycles. The van der Waals surface area contributed by atoms with Crippen molar-refractivity contribution in [2.45, 2.75) is 84.2 Å². The Bertz CT molecular complexity index is 659. The van der Waals surface area contributed by atoms with E-state index < -0.39 is 42.4 Å². The minimum atomic E-state index is -0.876. The quantitative estimate of drug-likeness (QED) is 0.0775. The van der Waals surface area contributed by atoms with Crippen LogP contribution in [-0.4, -0.2) is 61.5 Å². The molecular weight excluding hydrogens is 432 g/mol. The number of amides is 2. The van der Waals surface area contributed by atoms with Gasteiger partial charge >= 0.3 is 18.2 Å². The lowest BCUT2D eigenvalue weighted by atomic mass is 10.1. The van der Waals surface area contributed by atoms with Gasteiger partial charge in [-0.1, -0.05) is 52.4 Å². The first-order chi connectivity index (χ1) is 15.9. The fraction of sp³-hybridized carbons (Fsp3) is 0.739. The zero-order valence-corrected chi connectivity index (χ0v) is 19.8. The number of cyclic esters (lactones) is 1. The molecule has 1 unspecified atom stereocenters. The van der Waals surface area contributed by atoms with E-state index in [2.05, 4.69) is 29.2 Å². The molecule has 10 heteroatoms. The molecule has 3 N–H and O–H groups in total. The van der Waals surface area contributed by atoms with Gasteiger partial charge in [-0.25, -0.2) is 14.4 Å². The number of ketones is 1. The summed E-state index contributed by atoms with van der Waals surface area (Å²) in [7, 11) is 0. The van der Waals surface area contributed by atoms with Crippen LogP contribution in [-0.2, 0) is 23.8 Å². The van der Waals surface area contributed by atoms with Gasteiger partial charge in [-0.15, -0.1) is 0 Å². The van der Waals surface area contributed by atoms with Crippen LogP contribution in [0.1, 0.15) is 78.1 Å². The van der Waals surface area contributed by atoms with Gasteiger partial charge in [-0.2, -0.15) is 0 Å². The Morgan fingerprint density at radius 1 is 0.970 bits per heavy atom. The summed E-state index contributed by atoms with van der Waals surface area (Å²) in [4.78, 5) is 47.3. The maximum absolute atomic E-state index is 12.1. The Labute approximate surface area is 195 Å². The number of carbonyl (C=O) groups excluding carboxylic acids is 4. The molecule has 1 heterocycles. The zero-order valence-electron chi connectivity index (χ0n) is 19.8. The summed E-state index contributed by atoms with van der Waals surface area (Å²) in [5, 5.41) is 15.4. The molecule has 1 fully saturated rings. The molecule has 2 amide bonds. The number of allylic oxidation sites excluding steroid dienone is 1. The standard InChI is InChI=1S/C23H38N2O8/c1-3-5-7-9-13-24-22(29)32-15-17(33-23(30)25-14-10-8-6-4-2)11-12-18(26)20-19(27)16-31-21(20)28/h17,26H,3-16H2,1-2H3,(H,24,29)(H,25,30). The molecule has 0 bridgehead atoms. The maximum atomic E-state index is 12.1. The molecule has 33 heavy (non-hydrogen) atoms.